The van der Waals surface area contributed by atoms with Gasteiger partial charge in [0.1, 0.15) is 0 Å². The molecule has 5 heteroatoms. The van der Waals surface area contributed by atoms with Gasteiger partial charge in [0, 0.05) is 13.1 Å². The van der Waals surface area contributed by atoms with Gasteiger partial charge in [0.15, 0.2) is 0 Å². The lowest BCUT2D eigenvalue weighted by atomic mass is 9.77. The first-order valence-electron chi connectivity index (χ1n) is 7.88. The molecule has 2 rings (SSSR count). The van der Waals surface area contributed by atoms with Crippen LogP contribution in [0.1, 0.15) is 44.0 Å². The van der Waals surface area contributed by atoms with Gasteiger partial charge >= 0.3 is 0 Å². The van der Waals surface area contributed by atoms with E-state index >= 15 is 0 Å². The summed E-state index contributed by atoms with van der Waals surface area (Å²) in [6.07, 6.45) is 2.38. The van der Waals surface area contributed by atoms with Gasteiger partial charge < -0.3 is 10.6 Å². The number of nitrogens with zero attached hydrogens (tertiary/aromatic N) is 1. The standard InChI is InChI=1S/C17H24Cl2N2O/c1-4-5-12-9-21(8-10(2)11(12)3)16-6-13(17(20)22)14(18)7-15(16)19/h6-7,10-12H,4-5,8-9H2,1-3H3,(H2,20,22). The maximum atomic E-state index is 11.5. The smallest absolute Gasteiger partial charge is 0.250 e. The van der Waals surface area contributed by atoms with E-state index in [9.17, 15) is 4.79 Å². The van der Waals surface area contributed by atoms with Gasteiger partial charge in [-0.2, -0.15) is 0 Å². The van der Waals surface area contributed by atoms with Crippen LogP contribution in [-0.2, 0) is 0 Å². The second kappa shape index (κ2) is 7.10. The summed E-state index contributed by atoms with van der Waals surface area (Å²) in [6.45, 7) is 8.72. The van der Waals surface area contributed by atoms with Crippen LogP contribution in [0.4, 0.5) is 5.69 Å². The van der Waals surface area contributed by atoms with Crippen molar-refractivity contribution in [3.63, 3.8) is 0 Å². The van der Waals surface area contributed by atoms with Gasteiger partial charge in [-0.3, -0.25) is 4.79 Å². The van der Waals surface area contributed by atoms with Gasteiger partial charge in [-0.15, -0.1) is 0 Å². The lowest BCUT2D eigenvalue weighted by Crippen LogP contribution is -2.44. The van der Waals surface area contributed by atoms with Crippen molar-refractivity contribution in [3.8, 4) is 0 Å². The summed E-state index contributed by atoms with van der Waals surface area (Å²) < 4.78 is 0. The minimum absolute atomic E-state index is 0.310. The first kappa shape index (κ1) is 17.4. The zero-order valence-corrected chi connectivity index (χ0v) is 14.9. The molecule has 0 saturated carbocycles. The normalized spacial score (nSPS) is 25.3. The predicted molar refractivity (Wildman–Crippen MR) is 93.9 cm³/mol. The molecule has 0 aliphatic carbocycles. The molecule has 22 heavy (non-hydrogen) atoms. The summed E-state index contributed by atoms with van der Waals surface area (Å²) >= 11 is 12.4. The molecule has 2 N–H and O–H groups in total. The highest BCUT2D eigenvalue weighted by molar-refractivity contribution is 6.38. The number of nitrogens with two attached hydrogens (primary N) is 1. The first-order valence-corrected chi connectivity index (χ1v) is 8.64. The Hall–Kier alpha value is -0.930. The summed E-state index contributed by atoms with van der Waals surface area (Å²) in [5, 5.41) is 0.886. The molecule has 3 unspecified atom stereocenters. The van der Waals surface area contributed by atoms with E-state index in [1.54, 1.807) is 12.1 Å². The molecule has 1 heterocycles. The Labute approximate surface area is 142 Å². The molecule has 122 valence electrons. The molecule has 3 atom stereocenters. The van der Waals surface area contributed by atoms with Crippen LogP contribution in [0.15, 0.2) is 12.1 Å². The Bertz CT molecular complexity index is 562. The summed E-state index contributed by atoms with van der Waals surface area (Å²) in [5.74, 6) is 1.39. The van der Waals surface area contributed by atoms with Crippen molar-refractivity contribution in [3.05, 3.63) is 27.7 Å². The largest absolute Gasteiger partial charge is 0.370 e. The fourth-order valence-electron chi connectivity index (χ4n) is 3.39. The van der Waals surface area contributed by atoms with Crippen LogP contribution in [0.5, 0.6) is 0 Å². The van der Waals surface area contributed by atoms with E-state index < -0.39 is 5.91 Å². The van der Waals surface area contributed by atoms with Crippen LogP contribution in [0.25, 0.3) is 0 Å². The molecular weight excluding hydrogens is 319 g/mol. The Morgan fingerprint density at radius 3 is 2.55 bits per heavy atom. The van der Waals surface area contributed by atoms with Gasteiger partial charge in [-0.25, -0.2) is 0 Å². The van der Waals surface area contributed by atoms with Crippen molar-refractivity contribution in [1.82, 2.24) is 0 Å². The average Bonchev–Trinajstić information content (AvgIpc) is 2.43. The van der Waals surface area contributed by atoms with Crippen LogP contribution in [0.2, 0.25) is 10.0 Å². The van der Waals surface area contributed by atoms with Crippen molar-refractivity contribution in [1.29, 1.82) is 0 Å². The maximum absolute atomic E-state index is 11.5. The van der Waals surface area contributed by atoms with Crippen molar-refractivity contribution in [2.24, 2.45) is 23.5 Å². The number of amides is 1. The van der Waals surface area contributed by atoms with Gasteiger partial charge in [0.2, 0.25) is 5.91 Å². The van der Waals surface area contributed by atoms with Crippen molar-refractivity contribution >= 4 is 34.8 Å². The van der Waals surface area contributed by atoms with Crippen LogP contribution >= 0.6 is 23.2 Å². The minimum Gasteiger partial charge on any atom is -0.370 e. The van der Waals surface area contributed by atoms with E-state index in [0.29, 0.717) is 33.4 Å². The molecule has 0 radical (unpaired) electrons. The molecule has 1 amide bonds. The monoisotopic (exact) mass is 342 g/mol. The highest BCUT2D eigenvalue weighted by Gasteiger charge is 2.32. The van der Waals surface area contributed by atoms with Crippen LogP contribution in [0, 0.1) is 17.8 Å². The highest BCUT2D eigenvalue weighted by atomic mass is 35.5. The highest BCUT2D eigenvalue weighted by Crippen LogP contribution is 2.38. The molecule has 1 aromatic carbocycles. The van der Waals surface area contributed by atoms with Gasteiger partial charge in [0.25, 0.3) is 0 Å². The fourth-order valence-corrected chi connectivity index (χ4v) is 3.99. The van der Waals surface area contributed by atoms with Gasteiger partial charge in [-0.1, -0.05) is 50.4 Å². The molecule has 0 aromatic heterocycles. The third kappa shape index (κ3) is 3.52. The number of carbonyl (C=O) groups excluding carboxylic acids is 1. The van der Waals surface area contributed by atoms with E-state index in [1.165, 1.54) is 12.8 Å². The number of primary amides is 1. The van der Waals surface area contributed by atoms with Crippen LogP contribution < -0.4 is 10.6 Å². The van der Waals surface area contributed by atoms with Gasteiger partial charge in [-0.05, 0) is 36.3 Å². The zero-order valence-electron chi connectivity index (χ0n) is 13.4. The molecule has 0 bridgehead atoms. The quantitative estimate of drug-likeness (QED) is 0.868. The zero-order chi connectivity index (χ0) is 16.4. The number of carbonyl (C=O) groups is 1. The maximum Gasteiger partial charge on any atom is 0.250 e. The molecule has 1 saturated heterocycles. The van der Waals surface area contributed by atoms with Crippen molar-refractivity contribution < 1.29 is 4.79 Å². The molecule has 1 fully saturated rings. The lowest BCUT2D eigenvalue weighted by Gasteiger charge is -2.43. The average molecular weight is 343 g/mol. The molecule has 1 aliphatic heterocycles. The van der Waals surface area contributed by atoms with E-state index in [2.05, 4.69) is 25.7 Å². The minimum atomic E-state index is -0.522. The second-order valence-electron chi connectivity index (χ2n) is 6.44. The Morgan fingerprint density at radius 2 is 1.95 bits per heavy atom. The SMILES string of the molecule is CCCC1CN(c2cc(C(N)=O)c(Cl)cc2Cl)CC(C)C1C. The van der Waals surface area contributed by atoms with E-state index in [0.717, 1.165) is 18.8 Å². The molecule has 1 aliphatic rings. The number of rotatable bonds is 4. The second-order valence-corrected chi connectivity index (χ2v) is 7.25. The third-order valence-electron chi connectivity index (χ3n) is 4.91. The summed E-state index contributed by atoms with van der Waals surface area (Å²) in [5.41, 5.74) is 6.60. The van der Waals surface area contributed by atoms with Crippen molar-refractivity contribution in [2.75, 3.05) is 18.0 Å². The molecule has 0 spiro atoms. The van der Waals surface area contributed by atoms with Crippen LogP contribution in [0.3, 0.4) is 0 Å². The number of halogens is 2. The fraction of sp³-hybridized carbons (Fsp3) is 0.588. The molecule has 3 nitrogen and oxygen atoms in total. The topological polar surface area (TPSA) is 46.3 Å². The lowest BCUT2D eigenvalue weighted by molar-refractivity contribution is 0.100. The Kier molecular flexibility index (Phi) is 5.62. The van der Waals surface area contributed by atoms with E-state index in [1.807, 2.05) is 0 Å². The summed E-state index contributed by atoms with van der Waals surface area (Å²) in [4.78, 5) is 13.8. The number of benzene rings is 1. The Balaban J connectivity index is 2.34. The summed E-state index contributed by atoms with van der Waals surface area (Å²) in [6, 6.07) is 3.36. The van der Waals surface area contributed by atoms with Crippen molar-refractivity contribution in [2.45, 2.75) is 33.6 Å². The van der Waals surface area contributed by atoms with Gasteiger partial charge in [0.05, 0.1) is 21.3 Å². The number of anilines is 1. The number of hydrogen-bond acceptors (Lipinski definition) is 2. The number of piperidine rings is 1. The predicted octanol–water partition coefficient (Wildman–Crippen LogP) is 4.60. The molecule has 1 aromatic rings. The molecular formula is C17H24Cl2N2O. The van der Waals surface area contributed by atoms with E-state index in [4.69, 9.17) is 28.9 Å². The number of hydrogen-bond donors (Lipinski definition) is 1. The van der Waals surface area contributed by atoms with E-state index in [-0.39, 0.29) is 0 Å². The van der Waals surface area contributed by atoms with Crippen LogP contribution in [-0.4, -0.2) is 19.0 Å². The third-order valence-corrected chi connectivity index (χ3v) is 5.52. The Morgan fingerprint density at radius 1 is 1.27 bits per heavy atom. The first-order chi connectivity index (χ1) is 10.3. The summed E-state index contributed by atoms with van der Waals surface area (Å²) in [7, 11) is 0.